The molecule has 0 aliphatic carbocycles. The Morgan fingerprint density at radius 2 is 2.33 bits per heavy atom. The summed E-state index contributed by atoms with van der Waals surface area (Å²) in [7, 11) is 1.65. The van der Waals surface area contributed by atoms with Crippen molar-refractivity contribution in [3.8, 4) is 12.3 Å². The molecule has 0 aromatic carbocycles. The highest BCUT2D eigenvalue weighted by Gasteiger charge is 1.88. The van der Waals surface area contributed by atoms with Gasteiger partial charge in [0, 0.05) is 18.8 Å². The lowest BCUT2D eigenvalue weighted by Crippen LogP contribution is -1.78. The molecule has 0 N–H and O–H groups in total. The van der Waals surface area contributed by atoms with Crippen LogP contribution in [0.25, 0.3) is 0 Å². The van der Waals surface area contributed by atoms with Crippen LogP contribution in [0.1, 0.15) is 6.92 Å². The van der Waals surface area contributed by atoms with Crippen molar-refractivity contribution in [2.45, 2.75) is 6.92 Å². The van der Waals surface area contributed by atoms with E-state index in [2.05, 4.69) is 10.9 Å². The molecule has 0 spiro atoms. The maximum absolute atomic E-state index is 5.62. The van der Waals surface area contributed by atoms with Crippen LogP contribution in [0.3, 0.4) is 0 Å². The van der Waals surface area contributed by atoms with E-state index in [9.17, 15) is 0 Å². The average Bonchev–Trinajstić information content (AvgIpc) is 1.87. The summed E-state index contributed by atoms with van der Waals surface area (Å²) in [6.45, 7) is 1.77. The Bertz CT molecular complexity index is 184. The molecule has 0 rings (SSSR count). The maximum Gasteiger partial charge on any atom is 0.0696 e. The van der Waals surface area contributed by atoms with Crippen molar-refractivity contribution in [3.63, 3.8) is 0 Å². The van der Waals surface area contributed by atoms with Gasteiger partial charge in [-0.05, 0) is 6.92 Å². The van der Waals surface area contributed by atoms with E-state index in [0.29, 0.717) is 10.6 Å². The highest BCUT2D eigenvalue weighted by molar-refractivity contribution is 6.39. The Balaban J connectivity index is 4.34. The number of halogens is 1. The first kappa shape index (κ1) is 8.26. The Hall–Kier alpha value is -0.740. The summed E-state index contributed by atoms with van der Waals surface area (Å²) in [6.07, 6.45) is 6.57. The minimum Gasteiger partial charge on any atom is -0.295 e. The van der Waals surface area contributed by atoms with Crippen LogP contribution in [0, 0.1) is 12.3 Å². The normalized spacial score (nSPS) is 13.1. The molecule has 1 nitrogen and oxygen atoms in total. The Labute approximate surface area is 60.4 Å². The van der Waals surface area contributed by atoms with E-state index in [1.165, 1.54) is 6.21 Å². The monoisotopic (exact) mass is 141 g/mol. The van der Waals surface area contributed by atoms with Gasteiger partial charge in [-0.1, -0.05) is 17.5 Å². The van der Waals surface area contributed by atoms with Crippen LogP contribution in [0.15, 0.2) is 15.6 Å². The lowest BCUT2D eigenvalue weighted by molar-refractivity contribution is 1.46. The third-order valence-electron chi connectivity index (χ3n) is 0.817. The summed E-state index contributed by atoms with van der Waals surface area (Å²) in [5.41, 5.74) is 0.710. The minimum atomic E-state index is 0.528. The van der Waals surface area contributed by atoms with Gasteiger partial charge in [0.05, 0.1) is 5.03 Å². The second kappa shape index (κ2) is 4.17. The maximum atomic E-state index is 5.62. The van der Waals surface area contributed by atoms with Crippen LogP contribution in [0.4, 0.5) is 0 Å². The largest absolute Gasteiger partial charge is 0.295 e. The second-order valence-corrected chi connectivity index (χ2v) is 1.91. The Kier molecular flexibility index (Phi) is 3.83. The molecule has 2 heteroatoms. The first-order valence-corrected chi connectivity index (χ1v) is 2.85. The summed E-state index contributed by atoms with van der Waals surface area (Å²) >= 11 is 5.62. The predicted molar refractivity (Wildman–Crippen MR) is 41.8 cm³/mol. The molecule has 0 atom stereocenters. The Morgan fingerprint density at radius 3 is 2.67 bits per heavy atom. The standard InChI is InChI=1S/C7H8ClN/c1-4-6(2)7(8)5-9-3/h1,5H,2-3H3. The van der Waals surface area contributed by atoms with Gasteiger partial charge in [-0.25, -0.2) is 0 Å². The van der Waals surface area contributed by atoms with E-state index >= 15 is 0 Å². The van der Waals surface area contributed by atoms with Crippen molar-refractivity contribution < 1.29 is 0 Å². The zero-order valence-corrected chi connectivity index (χ0v) is 6.24. The van der Waals surface area contributed by atoms with Crippen molar-refractivity contribution in [2.24, 2.45) is 4.99 Å². The molecule has 0 unspecified atom stereocenters. The zero-order chi connectivity index (χ0) is 7.28. The van der Waals surface area contributed by atoms with Gasteiger partial charge >= 0.3 is 0 Å². The highest BCUT2D eigenvalue weighted by Crippen LogP contribution is 2.03. The van der Waals surface area contributed by atoms with Crippen molar-refractivity contribution in [3.05, 3.63) is 10.6 Å². The summed E-state index contributed by atoms with van der Waals surface area (Å²) in [5.74, 6) is 2.41. The van der Waals surface area contributed by atoms with Gasteiger partial charge in [0.15, 0.2) is 0 Å². The Morgan fingerprint density at radius 1 is 1.78 bits per heavy atom. The number of allylic oxidation sites excluding steroid dienone is 2. The molecular weight excluding hydrogens is 134 g/mol. The van der Waals surface area contributed by atoms with Crippen LogP contribution in [-0.2, 0) is 0 Å². The molecule has 0 bridgehead atoms. The molecule has 0 saturated carbocycles. The first-order valence-electron chi connectivity index (χ1n) is 2.47. The van der Waals surface area contributed by atoms with Crippen LogP contribution in [0.5, 0.6) is 0 Å². The van der Waals surface area contributed by atoms with Gasteiger partial charge in [-0.15, -0.1) is 6.42 Å². The van der Waals surface area contributed by atoms with Crippen molar-refractivity contribution in [1.82, 2.24) is 0 Å². The van der Waals surface area contributed by atoms with E-state index < -0.39 is 0 Å². The molecule has 0 saturated heterocycles. The second-order valence-electron chi connectivity index (χ2n) is 1.50. The van der Waals surface area contributed by atoms with E-state index in [1.807, 2.05) is 0 Å². The molecule has 0 heterocycles. The van der Waals surface area contributed by atoms with E-state index in [0.717, 1.165) is 0 Å². The number of rotatable bonds is 1. The summed E-state index contributed by atoms with van der Waals surface area (Å²) in [4.78, 5) is 3.69. The number of terminal acetylenes is 1. The molecule has 0 aliphatic rings. The van der Waals surface area contributed by atoms with Crippen molar-refractivity contribution >= 4 is 17.8 Å². The topological polar surface area (TPSA) is 12.4 Å². The fourth-order valence-corrected chi connectivity index (χ4v) is 0.431. The molecule has 0 aliphatic heterocycles. The lowest BCUT2D eigenvalue weighted by atomic mass is 10.3. The molecule has 9 heavy (non-hydrogen) atoms. The summed E-state index contributed by atoms with van der Waals surface area (Å²) < 4.78 is 0. The number of aliphatic imine (C=N–C) groups is 1. The summed E-state index contributed by atoms with van der Waals surface area (Å²) in [6, 6.07) is 0. The average molecular weight is 142 g/mol. The third kappa shape index (κ3) is 2.94. The number of nitrogens with zero attached hydrogens (tertiary/aromatic N) is 1. The molecule has 48 valence electrons. The van der Waals surface area contributed by atoms with Gasteiger partial charge in [-0.3, -0.25) is 4.99 Å². The smallest absolute Gasteiger partial charge is 0.0696 e. The van der Waals surface area contributed by atoms with Gasteiger partial charge in [0.25, 0.3) is 0 Å². The zero-order valence-electron chi connectivity index (χ0n) is 5.48. The lowest BCUT2D eigenvalue weighted by Gasteiger charge is -1.87. The number of hydrogen-bond donors (Lipinski definition) is 0. The van der Waals surface area contributed by atoms with Crippen LogP contribution in [0.2, 0.25) is 0 Å². The van der Waals surface area contributed by atoms with Gasteiger partial charge in [0.1, 0.15) is 0 Å². The first-order chi connectivity index (χ1) is 4.22. The van der Waals surface area contributed by atoms with Crippen LogP contribution < -0.4 is 0 Å². The SMILES string of the molecule is C#CC(C)=C(Cl)C=NC. The molecule has 0 fully saturated rings. The van der Waals surface area contributed by atoms with E-state index in [1.54, 1.807) is 14.0 Å². The van der Waals surface area contributed by atoms with Gasteiger partial charge in [0.2, 0.25) is 0 Å². The van der Waals surface area contributed by atoms with Crippen LogP contribution in [-0.4, -0.2) is 13.3 Å². The molecular formula is C7H8ClN. The van der Waals surface area contributed by atoms with Crippen LogP contribution >= 0.6 is 11.6 Å². The summed E-state index contributed by atoms with van der Waals surface area (Å²) in [5, 5.41) is 0.528. The third-order valence-corrected chi connectivity index (χ3v) is 1.20. The molecule has 0 amide bonds. The van der Waals surface area contributed by atoms with E-state index in [4.69, 9.17) is 18.0 Å². The van der Waals surface area contributed by atoms with Gasteiger partial charge < -0.3 is 0 Å². The minimum absolute atomic E-state index is 0.528. The van der Waals surface area contributed by atoms with E-state index in [-0.39, 0.29) is 0 Å². The van der Waals surface area contributed by atoms with Gasteiger partial charge in [-0.2, -0.15) is 0 Å². The molecule has 0 aromatic heterocycles. The fourth-order valence-electron chi connectivity index (χ4n) is 0.279. The molecule has 0 aromatic rings. The predicted octanol–water partition coefficient (Wildman–Crippen LogP) is 1.83. The number of hydrogen-bond acceptors (Lipinski definition) is 1. The highest BCUT2D eigenvalue weighted by atomic mass is 35.5. The van der Waals surface area contributed by atoms with Crippen molar-refractivity contribution in [1.29, 1.82) is 0 Å². The molecule has 0 radical (unpaired) electrons. The van der Waals surface area contributed by atoms with Crippen molar-refractivity contribution in [2.75, 3.05) is 7.05 Å². The quantitative estimate of drug-likeness (QED) is 0.390. The fraction of sp³-hybridized carbons (Fsp3) is 0.286.